The third-order valence-corrected chi connectivity index (χ3v) is 3.78. The summed E-state index contributed by atoms with van der Waals surface area (Å²) < 4.78 is 11.0. The third kappa shape index (κ3) is 3.14. The summed E-state index contributed by atoms with van der Waals surface area (Å²) in [5, 5.41) is 2.89. The molecule has 3 aromatic rings. The summed E-state index contributed by atoms with van der Waals surface area (Å²) in [5.74, 6) is 1.58. The predicted octanol–water partition coefficient (Wildman–Crippen LogP) is 3.17. The summed E-state index contributed by atoms with van der Waals surface area (Å²) in [5.41, 5.74) is 1.82. The van der Waals surface area contributed by atoms with E-state index in [1.807, 2.05) is 18.2 Å². The van der Waals surface area contributed by atoms with Crippen LogP contribution in [0.1, 0.15) is 10.4 Å². The molecular weight excluding hydrogens is 318 g/mol. The number of aromatic nitrogens is 2. The maximum Gasteiger partial charge on any atom is 0.256 e. The lowest BCUT2D eigenvalue weighted by molar-refractivity contribution is 0.102. The lowest BCUT2D eigenvalue weighted by Gasteiger charge is -2.19. The first-order valence-corrected chi connectivity index (χ1v) is 7.89. The number of anilines is 1. The maximum atomic E-state index is 12.7. The van der Waals surface area contributed by atoms with E-state index in [2.05, 4.69) is 15.3 Å². The van der Waals surface area contributed by atoms with E-state index in [9.17, 15) is 4.79 Å². The fourth-order valence-electron chi connectivity index (χ4n) is 2.63. The minimum absolute atomic E-state index is 0.236. The van der Waals surface area contributed by atoms with Crippen molar-refractivity contribution < 1.29 is 14.3 Å². The van der Waals surface area contributed by atoms with Crippen LogP contribution in [-0.4, -0.2) is 29.1 Å². The van der Waals surface area contributed by atoms with Crippen molar-refractivity contribution in [2.45, 2.75) is 0 Å². The summed E-state index contributed by atoms with van der Waals surface area (Å²) >= 11 is 0. The molecule has 2 heterocycles. The number of benzene rings is 2. The number of nitrogens with zero attached hydrogens (tertiary/aromatic N) is 2. The lowest BCUT2D eigenvalue weighted by atomic mass is 10.1. The number of carbonyl (C=O) groups excluding carboxylic acids is 1. The summed E-state index contributed by atoms with van der Waals surface area (Å²) in [6, 6.07) is 14.3. The number of fused-ring (bicyclic) bond motifs is 1. The molecule has 0 fully saturated rings. The van der Waals surface area contributed by atoms with Crippen molar-refractivity contribution >= 4 is 11.6 Å². The normalized spacial score (nSPS) is 12.5. The lowest BCUT2D eigenvalue weighted by Crippen LogP contribution is -2.17. The van der Waals surface area contributed by atoms with Crippen LogP contribution in [-0.2, 0) is 0 Å². The van der Waals surface area contributed by atoms with E-state index in [1.54, 1.807) is 42.7 Å². The smallest absolute Gasteiger partial charge is 0.256 e. The van der Waals surface area contributed by atoms with Gasteiger partial charge in [0, 0.05) is 29.7 Å². The van der Waals surface area contributed by atoms with Crippen molar-refractivity contribution in [2.24, 2.45) is 0 Å². The summed E-state index contributed by atoms with van der Waals surface area (Å²) in [6.45, 7) is 1.03. The second-order valence-electron chi connectivity index (χ2n) is 5.43. The molecule has 0 radical (unpaired) electrons. The average molecular weight is 333 g/mol. The summed E-state index contributed by atoms with van der Waals surface area (Å²) in [6.07, 6.45) is 3.30. The molecule has 0 unspecified atom stereocenters. The average Bonchev–Trinajstić information content (AvgIpc) is 2.68. The molecule has 0 saturated heterocycles. The Hall–Kier alpha value is -3.41. The second kappa shape index (κ2) is 6.60. The van der Waals surface area contributed by atoms with Crippen LogP contribution in [0.15, 0.2) is 60.9 Å². The molecule has 124 valence electrons. The van der Waals surface area contributed by atoms with E-state index >= 15 is 0 Å². The second-order valence-corrected chi connectivity index (χ2v) is 5.43. The number of nitrogens with one attached hydrogen (secondary N) is 1. The first-order valence-electron chi connectivity index (χ1n) is 7.89. The first-order chi connectivity index (χ1) is 12.3. The minimum Gasteiger partial charge on any atom is -0.486 e. The fraction of sp³-hybridized carbons (Fsp3) is 0.105. The quantitative estimate of drug-likeness (QED) is 0.797. The monoisotopic (exact) mass is 333 g/mol. The largest absolute Gasteiger partial charge is 0.486 e. The number of rotatable bonds is 3. The molecule has 25 heavy (non-hydrogen) atoms. The van der Waals surface area contributed by atoms with E-state index < -0.39 is 0 Å². The number of carbonyl (C=O) groups is 1. The van der Waals surface area contributed by atoms with Crippen LogP contribution >= 0.6 is 0 Å². The molecular formula is C19H15N3O3. The van der Waals surface area contributed by atoms with Gasteiger partial charge in [-0.1, -0.05) is 18.2 Å². The highest BCUT2D eigenvalue weighted by Crippen LogP contribution is 2.33. The highest BCUT2D eigenvalue weighted by molar-refractivity contribution is 6.08. The molecule has 6 nitrogen and oxygen atoms in total. The first kappa shape index (κ1) is 15.1. The molecule has 1 amide bonds. The zero-order chi connectivity index (χ0) is 17.1. The molecule has 0 spiro atoms. The number of amides is 1. The highest BCUT2D eigenvalue weighted by Gasteiger charge is 2.16. The minimum atomic E-state index is -0.236. The van der Waals surface area contributed by atoms with Crippen LogP contribution in [0.4, 0.5) is 5.69 Å². The van der Waals surface area contributed by atoms with E-state index in [4.69, 9.17) is 9.47 Å². The Morgan fingerprint density at radius 1 is 0.920 bits per heavy atom. The zero-order valence-electron chi connectivity index (χ0n) is 13.3. The van der Waals surface area contributed by atoms with Crippen molar-refractivity contribution in [2.75, 3.05) is 18.5 Å². The summed E-state index contributed by atoms with van der Waals surface area (Å²) in [4.78, 5) is 21.2. The molecule has 0 atom stereocenters. The van der Waals surface area contributed by atoms with Gasteiger partial charge in [0.15, 0.2) is 17.3 Å². The topological polar surface area (TPSA) is 73.3 Å². The Labute approximate surface area is 144 Å². The van der Waals surface area contributed by atoms with Gasteiger partial charge in [0.25, 0.3) is 5.91 Å². The van der Waals surface area contributed by atoms with Crippen LogP contribution in [0.5, 0.6) is 11.5 Å². The van der Waals surface area contributed by atoms with Gasteiger partial charge in [0.05, 0.1) is 5.56 Å². The molecule has 4 rings (SSSR count). The van der Waals surface area contributed by atoms with Crippen LogP contribution in [0, 0.1) is 0 Å². The van der Waals surface area contributed by atoms with Crippen molar-refractivity contribution in [3.63, 3.8) is 0 Å². The predicted molar refractivity (Wildman–Crippen MR) is 92.9 cm³/mol. The van der Waals surface area contributed by atoms with Gasteiger partial charge in [0.2, 0.25) is 0 Å². The van der Waals surface area contributed by atoms with Crippen LogP contribution in [0.2, 0.25) is 0 Å². The van der Waals surface area contributed by atoms with E-state index in [-0.39, 0.29) is 5.91 Å². The van der Waals surface area contributed by atoms with Crippen LogP contribution < -0.4 is 14.8 Å². The van der Waals surface area contributed by atoms with Gasteiger partial charge in [-0.2, -0.15) is 0 Å². The van der Waals surface area contributed by atoms with Crippen LogP contribution in [0.25, 0.3) is 11.4 Å². The molecule has 1 aliphatic heterocycles. The molecule has 0 aliphatic carbocycles. The Balaban J connectivity index is 1.62. The highest BCUT2D eigenvalue weighted by atomic mass is 16.6. The Morgan fingerprint density at radius 2 is 1.68 bits per heavy atom. The summed E-state index contributed by atoms with van der Waals surface area (Å²) in [7, 11) is 0. The van der Waals surface area contributed by atoms with Crippen molar-refractivity contribution in [3.8, 4) is 22.9 Å². The molecule has 2 aromatic carbocycles. The van der Waals surface area contributed by atoms with Gasteiger partial charge < -0.3 is 14.8 Å². The van der Waals surface area contributed by atoms with E-state index in [1.165, 1.54) is 0 Å². The van der Waals surface area contributed by atoms with Gasteiger partial charge in [0.1, 0.15) is 13.2 Å². The molecule has 1 N–H and O–H groups in total. The Bertz CT molecular complexity index is 913. The van der Waals surface area contributed by atoms with E-state index in [0.717, 1.165) is 0 Å². The van der Waals surface area contributed by atoms with Gasteiger partial charge in [-0.3, -0.25) is 4.79 Å². The standard InChI is InChI=1S/C19H15N3O3/c23-19(22-13-6-7-16-17(12-13)25-11-10-24-16)15-5-2-1-4-14(15)18-20-8-3-9-21-18/h1-9,12H,10-11H2,(H,22,23). The SMILES string of the molecule is O=C(Nc1ccc2c(c1)OCCO2)c1ccccc1-c1ncccn1. The van der Waals surface area contributed by atoms with Gasteiger partial charge >= 0.3 is 0 Å². The van der Waals surface area contributed by atoms with Crippen molar-refractivity contribution in [3.05, 3.63) is 66.5 Å². The molecule has 0 bridgehead atoms. The Kier molecular flexibility index (Phi) is 4.00. The number of ether oxygens (including phenoxy) is 2. The molecule has 0 saturated carbocycles. The zero-order valence-corrected chi connectivity index (χ0v) is 13.3. The van der Waals surface area contributed by atoms with Crippen LogP contribution in [0.3, 0.4) is 0 Å². The van der Waals surface area contributed by atoms with Crippen molar-refractivity contribution in [1.29, 1.82) is 0 Å². The maximum absolute atomic E-state index is 12.7. The van der Waals surface area contributed by atoms with E-state index in [0.29, 0.717) is 47.4 Å². The van der Waals surface area contributed by atoms with Gasteiger partial charge in [-0.05, 0) is 24.3 Å². The number of hydrogen-bond acceptors (Lipinski definition) is 5. The van der Waals surface area contributed by atoms with Crippen molar-refractivity contribution in [1.82, 2.24) is 9.97 Å². The fourth-order valence-corrected chi connectivity index (χ4v) is 2.63. The molecule has 1 aromatic heterocycles. The van der Waals surface area contributed by atoms with Gasteiger partial charge in [-0.25, -0.2) is 9.97 Å². The molecule has 1 aliphatic rings. The number of hydrogen-bond donors (Lipinski definition) is 1. The Morgan fingerprint density at radius 3 is 2.52 bits per heavy atom. The molecule has 6 heteroatoms. The third-order valence-electron chi connectivity index (χ3n) is 3.78. The van der Waals surface area contributed by atoms with Gasteiger partial charge in [-0.15, -0.1) is 0 Å².